The third-order valence-corrected chi connectivity index (χ3v) is 1.17. The molecule has 9 heavy (non-hydrogen) atoms. The Morgan fingerprint density at radius 1 is 1.67 bits per heavy atom. The quantitative estimate of drug-likeness (QED) is 0.553. The highest BCUT2D eigenvalue weighted by Crippen LogP contribution is 2.24. The zero-order valence-electron chi connectivity index (χ0n) is 5.76. The van der Waals surface area contributed by atoms with E-state index in [9.17, 15) is 0 Å². The van der Waals surface area contributed by atoms with Crippen LogP contribution in [-0.2, 0) is 9.47 Å². The van der Waals surface area contributed by atoms with Gasteiger partial charge in [0.15, 0.2) is 5.79 Å². The average molecular weight is 130 g/mol. The molecule has 1 heterocycles. The van der Waals surface area contributed by atoms with Crippen LogP contribution in [0, 0.1) is 6.61 Å². The van der Waals surface area contributed by atoms with Gasteiger partial charge in [0.2, 0.25) is 0 Å². The van der Waals surface area contributed by atoms with Crippen molar-refractivity contribution >= 4 is 0 Å². The molecule has 0 aromatic heterocycles. The lowest BCUT2D eigenvalue weighted by Gasteiger charge is -2.15. The van der Waals surface area contributed by atoms with Gasteiger partial charge in [-0.3, -0.25) is 0 Å². The Hall–Kier alpha value is -0.120. The van der Waals surface area contributed by atoms with Gasteiger partial charge in [-0.2, -0.15) is 0 Å². The molecule has 1 rings (SSSR count). The Morgan fingerprint density at radius 3 is 2.56 bits per heavy atom. The first-order valence-electron chi connectivity index (χ1n) is 3.03. The molecule has 3 heteroatoms. The normalized spacial score (nSPS) is 33.0. The van der Waals surface area contributed by atoms with E-state index in [4.69, 9.17) is 15.2 Å². The Labute approximate surface area is 55.1 Å². The lowest BCUT2D eigenvalue weighted by molar-refractivity contribution is -0.132. The van der Waals surface area contributed by atoms with Crippen molar-refractivity contribution in [2.24, 2.45) is 5.73 Å². The molecule has 0 spiro atoms. The summed E-state index contributed by atoms with van der Waals surface area (Å²) >= 11 is 0. The van der Waals surface area contributed by atoms with Crippen molar-refractivity contribution in [2.75, 3.05) is 6.54 Å². The molecular weight excluding hydrogens is 118 g/mol. The Bertz CT molecular complexity index is 103. The second-order valence-corrected chi connectivity index (χ2v) is 2.55. The molecule has 0 aromatic rings. The summed E-state index contributed by atoms with van der Waals surface area (Å²) in [6.45, 7) is 5.85. The highest BCUT2D eigenvalue weighted by Gasteiger charge is 2.31. The molecule has 0 amide bonds. The van der Waals surface area contributed by atoms with Crippen LogP contribution in [0.1, 0.15) is 13.8 Å². The molecular formula is C6H12NO2. The number of nitrogens with two attached hydrogens (primary N) is 1. The van der Waals surface area contributed by atoms with Gasteiger partial charge in [-0.15, -0.1) is 0 Å². The predicted molar refractivity (Wildman–Crippen MR) is 33.4 cm³/mol. The van der Waals surface area contributed by atoms with Crippen molar-refractivity contribution in [2.45, 2.75) is 25.7 Å². The molecule has 1 aliphatic rings. The van der Waals surface area contributed by atoms with Gasteiger partial charge in [0, 0.05) is 6.54 Å². The van der Waals surface area contributed by atoms with Crippen LogP contribution in [0.25, 0.3) is 0 Å². The van der Waals surface area contributed by atoms with E-state index in [2.05, 4.69) is 0 Å². The lowest BCUT2D eigenvalue weighted by Crippen LogP contribution is -2.25. The molecule has 2 N–H and O–H groups in total. The van der Waals surface area contributed by atoms with Crippen LogP contribution in [0.2, 0.25) is 0 Å². The number of hydrogen-bond acceptors (Lipinski definition) is 3. The number of ether oxygens (including phenoxy) is 2. The molecule has 1 aliphatic heterocycles. The minimum absolute atomic E-state index is 0.0278. The van der Waals surface area contributed by atoms with Gasteiger partial charge in [-0.05, 0) is 13.8 Å². The van der Waals surface area contributed by atoms with Crippen LogP contribution in [0.3, 0.4) is 0 Å². The highest BCUT2D eigenvalue weighted by molar-refractivity contribution is 4.79. The lowest BCUT2D eigenvalue weighted by atomic mass is 10.4. The zero-order chi connectivity index (χ0) is 6.91. The summed E-state index contributed by atoms with van der Waals surface area (Å²) in [7, 11) is 0. The van der Waals surface area contributed by atoms with E-state index in [1.54, 1.807) is 6.61 Å². The molecule has 1 saturated heterocycles. The Balaban J connectivity index is 2.38. The molecule has 0 aliphatic carbocycles. The fraction of sp³-hybridized carbons (Fsp3) is 0.833. The molecule has 1 radical (unpaired) electrons. The number of hydrogen-bond donors (Lipinski definition) is 1. The second-order valence-electron chi connectivity index (χ2n) is 2.55. The van der Waals surface area contributed by atoms with Crippen LogP contribution in [-0.4, -0.2) is 18.4 Å². The van der Waals surface area contributed by atoms with E-state index in [0.717, 1.165) is 0 Å². The highest BCUT2D eigenvalue weighted by atomic mass is 16.7. The van der Waals surface area contributed by atoms with Crippen LogP contribution < -0.4 is 5.73 Å². The van der Waals surface area contributed by atoms with E-state index >= 15 is 0 Å². The summed E-state index contributed by atoms with van der Waals surface area (Å²) in [4.78, 5) is 0. The van der Waals surface area contributed by atoms with Crippen molar-refractivity contribution in [1.82, 2.24) is 0 Å². The van der Waals surface area contributed by atoms with Crippen molar-refractivity contribution < 1.29 is 9.47 Å². The van der Waals surface area contributed by atoms with Gasteiger partial charge < -0.3 is 15.2 Å². The minimum Gasteiger partial charge on any atom is -0.343 e. The largest absolute Gasteiger partial charge is 0.343 e. The standard InChI is InChI=1S/C6H12NO2/c1-6(2)8-4-5(3-7)9-6/h4-5H,3,7H2,1-2H3. The maximum Gasteiger partial charge on any atom is 0.163 e. The van der Waals surface area contributed by atoms with Gasteiger partial charge in [0.1, 0.15) is 12.7 Å². The Morgan fingerprint density at radius 2 is 2.33 bits per heavy atom. The minimum atomic E-state index is -0.468. The summed E-state index contributed by atoms with van der Waals surface area (Å²) in [6, 6.07) is 0. The maximum atomic E-state index is 5.32. The van der Waals surface area contributed by atoms with Gasteiger partial charge in [0.05, 0.1) is 0 Å². The zero-order valence-corrected chi connectivity index (χ0v) is 5.76. The molecule has 53 valence electrons. The molecule has 1 unspecified atom stereocenters. The van der Waals surface area contributed by atoms with Gasteiger partial charge >= 0.3 is 0 Å². The molecule has 1 fully saturated rings. The third-order valence-electron chi connectivity index (χ3n) is 1.17. The van der Waals surface area contributed by atoms with Gasteiger partial charge in [0.25, 0.3) is 0 Å². The van der Waals surface area contributed by atoms with Crippen LogP contribution >= 0.6 is 0 Å². The van der Waals surface area contributed by atoms with Gasteiger partial charge in [-0.25, -0.2) is 0 Å². The summed E-state index contributed by atoms with van der Waals surface area (Å²) in [5, 5.41) is 0. The monoisotopic (exact) mass is 130 g/mol. The smallest absolute Gasteiger partial charge is 0.163 e. The summed E-state index contributed by atoms with van der Waals surface area (Å²) in [5.74, 6) is -0.468. The van der Waals surface area contributed by atoms with Crippen molar-refractivity contribution in [1.29, 1.82) is 0 Å². The van der Waals surface area contributed by atoms with E-state index < -0.39 is 5.79 Å². The summed E-state index contributed by atoms with van der Waals surface area (Å²) in [5.41, 5.74) is 5.32. The van der Waals surface area contributed by atoms with Crippen LogP contribution in [0.15, 0.2) is 0 Å². The van der Waals surface area contributed by atoms with Crippen LogP contribution in [0.5, 0.6) is 0 Å². The topological polar surface area (TPSA) is 44.5 Å². The van der Waals surface area contributed by atoms with Gasteiger partial charge in [-0.1, -0.05) is 0 Å². The molecule has 3 nitrogen and oxygen atoms in total. The Kier molecular flexibility index (Phi) is 1.75. The molecule has 0 saturated carbocycles. The van der Waals surface area contributed by atoms with E-state index in [0.29, 0.717) is 6.54 Å². The first kappa shape index (κ1) is 6.99. The molecule has 0 bridgehead atoms. The van der Waals surface area contributed by atoms with Crippen molar-refractivity contribution in [3.05, 3.63) is 6.61 Å². The molecule has 0 aromatic carbocycles. The van der Waals surface area contributed by atoms with E-state index in [-0.39, 0.29) is 6.10 Å². The fourth-order valence-electron chi connectivity index (χ4n) is 0.764. The average Bonchev–Trinajstić information content (AvgIpc) is 2.10. The second kappa shape index (κ2) is 2.25. The van der Waals surface area contributed by atoms with E-state index in [1.807, 2.05) is 13.8 Å². The van der Waals surface area contributed by atoms with E-state index in [1.165, 1.54) is 0 Å². The fourth-order valence-corrected chi connectivity index (χ4v) is 0.764. The molecule has 1 atom stereocenters. The van der Waals surface area contributed by atoms with Crippen molar-refractivity contribution in [3.63, 3.8) is 0 Å². The summed E-state index contributed by atoms with van der Waals surface area (Å²) in [6.07, 6.45) is -0.0278. The SMILES string of the molecule is CC1(C)O[CH]C(CN)O1. The maximum absolute atomic E-state index is 5.32. The summed E-state index contributed by atoms with van der Waals surface area (Å²) < 4.78 is 10.4. The number of rotatable bonds is 1. The van der Waals surface area contributed by atoms with Crippen LogP contribution in [0.4, 0.5) is 0 Å². The predicted octanol–water partition coefficient (Wildman–Crippen LogP) is 0.258. The van der Waals surface area contributed by atoms with Crippen molar-refractivity contribution in [3.8, 4) is 0 Å². The third kappa shape index (κ3) is 1.64. The first-order chi connectivity index (χ1) is 4.14. The first-order valence-corrected chi connectivity index (χ1v) is 3.03.